The van der Waals surface area contributed by atoms with Crippen LogP contribution < -0.4 is 9.91 Å². The molecule has 290 valence electrons. The lowest BCUT2D eigenvalue weighted by atomic mass is 10.0. The molecule has 0 saturated heterocycles. The highest BCUT2D eigenvalue weighted by atomic mass is 32.2. The Morgan fingerprint density at radius 3 is 1.87 bits per heavy atom. The number of carbonyl (C=O) groups is 1. The summed E-state index contributed by atoms with van der Waals surface area (Å²) in [5, 5.41) is 6.98. The first-order chi connectivity index (χ1) is 26.2. The van der Waals surface area contributed by atoms with Gasteiger partial charge in [0.25, 0.3) is 16.0 Å². The molecule has 0 atom stereocenters. The van der Waals surface area contributed by atoms with E-state index in [0.717, 1.165) is 47.6 Å². The summed E-state index contributed by atoms with van der Waals surface area (Å²) in [4.78, 5) is 25.5. The molecular formula is C43H57N5O4S2. The fourth-order valence-corrected chi connectivity index (χ4v) is 8.40. The number of thiazole rings is 1. The predicted octanol–water partition coefficient (Wildman–Crippen LogP) is 11.8. The number of hydrazone groups is 1. The number of hydrogen-bond acceptors (Lipinski definition) is 8. The molecule has 0 spiro atoms. The monoisotopic (exact) mass is 771 g/mol. The maximum Gasteiger partial charge on any atom is 0.299 e. The molecule has 0 saturated carbocycles. The first kappa shape index (κ1) is 41.2. The summed E-state index contributed by atoms with van der Waals surface area (Å²) in [7, 11) is -4.32. The van der Waals surface area contributed by atoms with Crippen LogP contribution in [0.2, 0.25) is 0 Å². The van der Waals surface area contributed by atoms with Gasteiger partial charge in [0, 0.05) is 24.3 Å². The van der Waals surface area contributed by atoms with E-state index in [-0.39, 0.29) is 10.8 Å². The van der Waals surface area contributed by atoms with Gasteiger partial charge in [-0.25, -0.2) is 9.98 Å². The molecule has 1 amide bonds. The van der Waals surface area contributed by atoms with Gasteiger partial charge in [-0.2, -0.15) is 18.5 Å². The number of amides is 1. The van der Waals surface area contributed by atoms with E-state index in [1.165, 1.54) is 112 Å². The molecule has 5 rings (SSSR count). The minimum Gasteiger partial charge on any atom is -0.372 e. The molecule has 3 aromatic carbocycles. The van der Waals surface area contributed by atoms with E-state index in [9.17, 15) is 17.8 Å². The molecule has 0 radical (unpaired) electrons. The number of nitrogens with zero attached hydrogens (tertiary/aromatic N) is 5. The minimum absolute atomic E-state index is 0.190. The number of anilines is 2. The second-order valence-corrected chi connectivity index (χ2v) is 16.6. The Kier molecular flexibility index (Phi) is 15.8. The van der Waals surface area contributed by atoms with Crippen molar-refractivity contribution in [1.29, 1.82) is 0 Å². The Labute approximate surface area is 326 Å². The SMILES string of the molecule is CCCCCCCCCCCCCCCCCC1=NN(c2ccc(-c3nc4cc(S(=O)(=O)O)ccc4s3)cc2)C(=O)/C1=N\c1ccc(N(CC)CC)cc1. The van der Waals surface area contributed by atoms with Gasteiger partial charge < -0.3 is 4.90 Å². The second kappa shape index (κ2) is 20.7. The highest BCUT2D eigenvalue weighted by Gasteiger charge is 2.32. The molecular weight excluding hydrogens is 715 g/mol. The molecule has 54 heavy (non-hydrogen) atoms. The van der Waals surface area contributed by atoms with Gasteiger partial charge in [0.15, 0.2) is 5.71 Å². The van der Waals surface area contributed by atoms with Gasteiger partial charge in [-0.3, -0.25) is 9.35 Å². The molecule has 0 fully saturated rings. The molecule has 2 heterocycles. The van der Waals surface area contributed by atoms with E-state index in [4.69, 9.17) is 10.1 Å². The van der Waals surface area contributed by atoms with Crippen molar-refractivity contribution in [2.45, 2.75) is 128 Å². The van der Waals surface area contributed by atoms with Crippen molar-refractivity contribution in [3.63, 3.8) is 0 Å². The van der Waals surface area contributed by atoms with Crippen molar-refractivity contribution < 1.29 is 17.8 Å². The Morgan fingerprint density at radius 2 is 1.31 bits per heavy atom. The number of hydrogen-bond donors (Lipinski definition) is 1. The largest absolute Gasteiger partial charge is 0.372 e. The number of rotatable bonds is 23. The molecule has 11 heteroatoms. The summed E-state index contributed by atoms with van der Waals surface area (Å²) in [5.41, 5.74) is 4.90. The summed E-state index contributed by atoms with van der Waals surface area (Å²) < 4.78 is 33.5. The van der Waals surface area contributed by atoms with Gasteiger partial charge >= 0.3 is 0 Å². The topological polar surface area (TPSA) is 116 Å². The minimum atomic E-state index is -4.32. The van der Waals surface area contributed by atoms with Crippen molar-refractivity contribution in [1.82, 2.24) is 4.98 Å². The maximum atomic E-state index is 13.9. The molecule has 1 aromatic heterocycles. The van der Waals surface area contributed by atoms with E-state index in [1.807, 2.05) is 36.4 Å². The molecule has 9 nitrogen and oxygen atoms in total. The molecule has 0 bridgehead atoms. The summed E-state index contributed by atoms with van der Waals surface area (Å²) in [6.07, 6.45) is 20.1. The van der Waals surface area contributed by atoms with E-state index >= 15 is 0 Å². The first-order valence-electron chi connectivity index (χ1n) is 20.1. The van der Waals surface area contributed by atoms with Crippen molar-refractivity contribution >= 4 is 66.1 Å². The third-order valence-electron chi connectivity index (χ3n) is 10.1. The van der Waals surface area contributed by atoms with E-state index < -0.39 is 10.1 Å². The Balaban J connectivity index is 1.20. The van der Waals surface area contributed by atoms with Crippen molar-refractivity contribution in [3.05, 3.63) is 66.7 Å². The number of aliphatic imine (C=N–C) groups is 1. The van der Waals surface area contributed by atoms with Crippen LogP contribution in [0.25, 0.3) is 20.8 Å². The van der Waals surface area contributed by atoms with Crippen LogP contribution in [0.15, 0.2) is 81.7 Å². The summed E-state index contributed by atoms with van der Waals surface area (Å²) in [6.45, 7) is 8.38. The van der Waals surface area contributed by atoms with Gasteiger partial charge in [-0.05, 0) is 93.4 Å². The fraction of sp³-hybridized carbons (Fsp3) is 0.488. The number of benzene rings is 3. The molecule has 1 aliphatic rings. The zero-order valence-electron chi connectivity index (χ0n) is 32.3. The predicted molar refractivity (Wildman–Crippen MR) is 226 cm³/mol. The summed E-state index contributed by atoms with van der Waals surface area (Å²) in [5.74, 6) is -0.246. The maximum absolute atomic E-state index is 13.9. The van der Waals surface area contributed by atoms with E-state index in [2.05, 4.69) is 42.8 Å². The molecule has 1 N–H and O–H groups in total. The van der Waals surface area contributed by atoms with Crippen molar-refractivity contribution in [3.8, 4) is 10.6 Å². The Hall–Kier alpha value is -3.93. The standard InChI is InChI=1S/C43H57N5O4S2/c1-4-7-8-9-10-11-12-13-14-15-16-17-18-19-20-21-38-41(44-34-24-28-35(29-25-34)47(5-2)6-3)43(49)48(46-38)36-26-22-33(23-27-36)42-45-39-32-37(54(50,51)52)30-31-40(39)53-42/h22-32H,4-21H2,1-3H3,(H,50,51,52)/b44-41-. The zero-order valence-corrected chi connectivity index (χ0v) is 33.9. The van der Waals surface area contributed by atoms with E-state index in [0.29, 0.717) is 34.1 Å². The molecule has 0 aliphatic carbocycles. The average molecular weight is 772 g/mol. The van der Waals surface area contributed by atoms with E-state index in [1.54, 1.807) is 6.07 Å². The fourth-order valence-electron chi connectivity index (χ4n) is 6.95. The number of unbranched alkanes of at least 4 members (excludes halogenated alkanes) is 14. The quantitative estimate of drug-likeness (QED) is 0.0593. The number of aromatic nitrogens is 1. The third kappa shape index (κ3) is 11.5. The lowest BCUT2D eigenvalue weighted by Crippen LogP contribution is -2.27. The molecule has 1 aliphatic heterocycles. The van der Waals surface area contributed by atoms with Crippen molar-refractivity contribution in [2.75, 3.05) is 23.0 Å². The van der Waals surface area contributed by atoms with Gasteiger partial charge in [0.05, 0.1) is 32.2 Å². The second-order valence-electron chi connectivity index (χ2n) is 14.2. The third-order valence-corrected chi connectivity index (χ3v) is 12.1. The van der Waals surface area contributed by atoms with Crippen LogP contribution in [-0.2, 0) is 14.9 Å². The lowest BCUT2D eigenvalue weighted by Gasteiger charge is -2.20. The lowest BCUT2D eigenvalue weighted by molar-refractivity contribution is -0.112. The van der Waals surface area contributed by atoms with Crippen LogP contribution in [0, 0.1) is 0 Å². The molecule has 4 aromatic rings. The number of fused-ring (bicyclic) bond motifs is 1. The molecule has 0 unspecified atom stereocenters. The Bertz CT molecular complexity index is 1970. The Morgan fingerprint density at radius 1 is 0.741 bits per heavy atom. The van der Waals surface area contributed by atoms with Gasteiger partial charge in [-0.1, -0.05) is 96.8 Å². The number of carbonyl (C=O) groups excluding carboxylic acids is 1. The first-order valence-corrected chi connectivity index (χ1v) is 22.3. The van der Waals surface area contributed by atoms with Crippen LogP contribution in [0.4, 0.5) is 17.1 Å². The van der Waals surface area contributed by atoms with Crippen LogP contribution in [0.5, 0.6) is 0 Å². The van der Waals surface area contributed by atoms with Crippen LogP contribution in [0.1, 0.15) is 124 Å². The van der Waals surface area contributed by atoms with Gasteiger partial charge in [0.2, 0.25) is 0 Å². The average Bonchev–Trinajstić information content (AvgIpc) is 3.74. The zero-order chi connectivity index (χ0) is 38.3. The highest BCUT2D eigenvalue weighted by molar-refractivity contribution is 7.85. The normalized spacial score (nSPS) is 14.1. The van der Waals surface area contributed by atoms with Crippen LogP contribution in [0.3, 0.4) is 0 Å². The van der Waals surface area contributed by atoms with Crippen molar-refractivity contribution in [2.24, 2.45) is 10.1 Å². The summed E-state index contributed by atoms with van der Waals surface area (Å²) in [6, 6.07) is 19.9. The van der Waals surface area contributed by atoms with Gasteiger partial charge in [-0.15, -0.1) is 11.3 Å². The van der Waals surface area contributed by atoms with Crippen LogP contribution in [-0.4, -0.2) is 48.4 Å². The smallest absolute Gasteiger partial charge is 0.299 e. The highest BCUT2D eigenvalue weighted by Crippen LogP contribution is 2.33. The van der Waals surface area contributed by atoms with Gasteiger partial charge in [0.1, 0.15) is 5.01 Å². The van der Waals surface area contributed by atoms with Crippen LogP contribution >= 0.6 is 11.3 Å². The summed E-state index contributed by atoms with van der Waals surface area (Å²) >= 11 is 1.42.